The molecule has 24 heavy (non-hydrogen) atoms. The van der Waals surface area contributed by atoms with Crippen LogP contribution in [0.4, 0.5) is 11.4 Å². The molecule has 0 saturated carbocycles. The van der Waals surface area contributed by atoms with Crippen LogP contribution in [0.25, 0.3) is 0 Å². The monoisotopic (exact) mass is 387 g/mol. The summed E-state index contributed by atoms with van der Waals surface area (Å²) in [5.41, 5.74) is 3.41. The van der Waals surface area contributed by atoms with Crippen LogP contribution in [0.1, 0.15) is 35.8 Å². The Hall–Kier alpha value is -1.88. The lowest BCUT2D eigenvalue weighted by Crippen LogP contribution is -2.34. The Bertz CT molecular complexity index is 747. The maximum atomic E-state index is 12.5. The molecule has 1 fully saturated rings. The number of rotatable bonds is 3. The van der Waals surface area contributed by atoms with Crippen LogP contribution in [0.2, 0.25) is 0 Å². The molecule has 1 aliphatic rings. The molecule has 1 atom stereocenters. The Morgan fingerprint density at radius 1 is 1.33 bits per heavy atom. The summed E-state index contributed by atoms with van der Waals surface area (Å²) in [6, 6.07) is 9.72. The summed E-state index contributed by atoms with van der Waals surface area (Å²) in [5.74, 6) is 0.499. The summed E-state index contributed by atoms with van der Waals surface area (Å²) < 4.78 is 0.872. The second-order valence-corrected chi connectivity index (χ2v) is 7.38. The average Bonchev–Trinajstić information content (AvgIpc) is 2.57. The first kappa shape index (κ1) is 17.0. The highest BCUT2D eigenvalue weighted by Crippen LogP contribution is 2.25. The van der Waals surface area contributed by atoms with Gasteiger partial charge in [-0.1, -0.05) is 13.0 Å². The lowest BCUT2D eigenvalue weighted by molar-refractivity contribution is 0.102. The summed E-state index contributed by atoms with van der Waals surface area (Å²) in [7, 11) is 0. The van der Waals surface area contributed by atoms with E-state index >= 15 is 0 Å². The van der Waals surface area contributed by atoms with Gasteiger partial charge in [0.1, 0.15) is 5.69 Å². The number of nitrogens with one attached hydrogen (secondary N) is 1. The largest absolute Gasteiger partial charge is 0.371 e. The summed E-state index contributed by atoms with van der Waals surface area (Å²) in [5, 5.41) is 2.93. The number of pyridine rings is 1. The number of carbonyl (C=O) groups excluding carboxylic acids is 1. The fraction of sp³-hybridized carbons (Fsp3) is 0.368. The van der Waals surface area contributed by atoms with Crippen LogP contribution in [0.15, 0.2) is 41.0 Å². The molecule has 1 aromatic heterocycles. The lowest BCUT2D eigenvalue weighted by atomic mass is 10.00. The third-order valence-electron chi connectivity index (χ3n) is 4.37. The van der Waals surface area contributed by atoms with Crippen molar-refractivity contribution in [2.45, 2.75) is 26.7 Å². The first-order valence-electron chi connectivity index (χ1n) is 8.31. The van der Waals surface area contributed by atoms with Gasteiger partial charge >= 0.3 is 0 Å². The fourth-order valence-corrected chi connectivity index (χ4v) is 3.66. The Kier molecular flexibility index (Phi) is 5.19. The molecule has 2 heterocycles. The maximum absolute atomic E-state index is 12.5. The predicted molar refractivity (Wildman–Crippen MR) is 102 cm³/mol. The molecular formula is C19H22BrN3O. The smallest absolute Gasteiger partial charge is 0.274 e. The molecule has 1 saturated heterocycles. The Balaban J connectivity index is 1.76. The normalized spacial score (nSPS) is 17.6. The first-order chi connectivity index (χ1) is 11.5. The van der Waals surface area contributed by atoms with E-state index in [2.05, 4.69) is 38.1 Å². The van der Waals surface area contributed by atoms with Crippen molar-refractivity contribution in [3.8, 4) is 0 Å². The number of anilines is 2. The van der Waals surface area contributed by atoms with E-state index in [0.717, 1.165) is 34.5 Å². The second kappa shape index (κ2) is 7.34. The number of hydrogen-bond donors (Lipinski definition) is 1. The first-order valence-corrected chi connectivity index (χ1v) is 9.11. The number of hydrogen-bond acceptors (Lipinski definition) is 3. The van der Waals surface area contributed by atoms with Crippen molar-refractivity contribution in [3.63, 3.8) is 0 Å². The summed E-state index contributed by atoms with van der Waals surface area (Å²) >= 11 is 3.49. The van der Waals surface area contributed by atoms with Gasteiger partial charge in [-0.15, -0.1) is 0 Å². The molecule has 1 N–H and O–H groups in total. The van der Waals surface area contributed by atoms with Gasteiger partial charge in [0.25, 0.3) is 5.91 Å². The highest BCUT2D eigenvalue weighted by atomic mass is 79.9. The van der Waals surface area contributed by atoms with Crippen molar-refractivity contribution in [2.75, 3.05) is 23.3 Å². The average molecular weight is 388 g/mol. The third kappa shape index (κ3) is 3.96. The highest BCUT2D eigenvalue weighted by molar-refractivity contribution is 9.10. The van der Waals surface area contributed by atoms with Crippen molar-refractivity contribution < 1.29 is 4.79 Å². The number of amides is 1. The zero-order chi connectivity index (χ0) is 17.1. The zero-order valence-electron chi connectivity index (χ0n) is 14.1. The van der Waals surface area contributed by atoms with Crippen LogP contribution < -0.4 is 10.2 Å². The van der Waals surface area contributed by atoms with Crippen LogP contribution >= 0.6 is 15.9 Å². The summed E-state index contributed by atoms with van der Waals surface area (Å²) in [6.07, 6.45) is 4.19. The van der Waals surface area contributed by atoms with E-state index in [1.54, 1.807) is 6.20 Å². The van der Waals surface area contributed by atoms with E-state index in [4.69, 9.17) is 0 Å². The molecule has 1 amide bonds. The number of aryl methyl sites for hydroxylation is 1. The van der Waals surface area contributed by atoms with Gasteiger partial charge in [-0.25, -0.2) is 0 Å². The van der Waals surface area contributed by atoms with Crippen molar-refractivity contribution in [2.24, 2.45) is 5.92 Å². The molecular weight excluding hydrogens is 366 g/mol. The second-order valence-electron chi connectivity index (χ2n) is 6.53. The number of halogens is 1. The minimum atomic E-state index is -0.188. The predicted octanol–water partition coefficient (Wildman–Crippen LogP) is 4.64. The van der Waals surface area contributed by atoms with Crippen LogP contribution in [0, 0.1) is 12.8 Å². The molecule has 0 bridgehead atoms. The van der Waals surface area contributed by atoms with Crippen LogP contribution in [-0.4, -0.2) is 24.0 Å². The number of aromatic nitrogens is 1. The van der Waals surface area contributed by atoms with Crippen LogP contribution in [-0.2, 0) is 0 Å². The van der Waals surface area contributed by atoms with Crippen LogP contribution in [0.5, 0.6) is 0 Å². The molecule has 126 valence electrons. The van der Waals surface area contributed by atoms with Crippen molar-refractivity contribution in [3.05, 3.63) is 52.3 Å². The van der Waals surface area contributed by atoms with E-state index in [9.17, 15) is 4.79 Å². The lowest BCUT2D eigenvalue weighted by Gasteiger charge is -2.32. The van der Waals surface area contributed by atoms with Crippen molar-refractivity contribution in [1.29, 1.82) is 0 Å². The van der Waals surface area contributed by atoms with Gasteiger partial charge in [0.05, 0.1) is 5.69 Å². The SMILES string of the molecule is Cc1ccc(NC(=O)c2cc(N3CCCC(C)C3)ccn2)c(Br)c1. The van der Waals surface area contributed by atoms with Gasteiger partial charge < -0.3 is 10.2 Å². The molecule has 1 aliphatic heterocycles. The Morgan fingerprint density at radius 3 is 2.92 bits per heavy atom. The van der Waals surface area contributed by atoms with E-state index in [-0.39, 0.29) is 5.91 Å². The Morgan fingerprint density at radius 2 is 2.17 bits per heavy atom. The standard InChI is InChI=1S/C19H22BrN3O/c1-13-5-6-17(16(20)10-13)22-19(24)18-11-15(7-8-21-18)23-9-3-4-14(2)12-23/h5-8,10-11,14H,3-4,9,12H2,1-2H3,(H,22,24). The van der Waals surface area contributed by atoms with E-state index < -0.39 is 0 Å². The van der Waals surface area contributed by atoms with Crippen molar-refractivity contribution >= 4 is 33.2 Å². The van der Waals surface area contributed by atoms with Gasteiger partial charge in [-0.05, 0) is 71.4 Å². The topological polar surface area (TPSA) is 45.2 Å². The summed E-state index contributed by atoms with van der Waals surface area (Å²) in [6.45, 7) is 6.37. The quantitative estimate of drug-likeness (QED) is 0.833. The molecule has 3 rings (SSSR count). The van der Waals surface area contributed by atoms with E-state index in [1.807, 2.05) is 37.3 Å². The maximum Gasteiger partial charge on any atom is 0.274 e. The van der Waals surface area contributed by atoms with Gasteiger partial charge in [-0.2, -0.15) is 0 Å². The molecule has 1 aromatic carbocycles. The molecule has 0 radical (unpaired) electrons. The summed E-state index contributed by atoms with van der Waals surface area (Å²) in [4.78, 5) is 19.1. The minimum Gasteiger partial charge on any atom is -0.371 e. The fourth-order valence-electron chi connectivity index (χ4n) is 3.07. The number of benzene rings is 1. The molecule has 0 aliphatic carbocycles. The molecule has 5 heteroatoms. The highest BCUT2D eigenvalue weighted by Gasteiger charge is 2.18. The van der Waals surface area contributed by atoms with E-state index in [1.165, 1.54) is 12.8 Å². The van der Waals surface area contributed by atoms with Gasteiger partial charge in [0.2, 0.25) is 0 Å². The van der Waals surface area contributed by atoms with Gasteiger partial charge in [0.15, 0.2) is 0 Å². The molecule has 4 nitrogen and oxygen atoms in total. The number of piperidine rings is 1. The molecule has 0 spiro atoms. The van der Waals surface area contributed by atoms with E-state index in [0.29, 0.717) is 11.6 Å². The van der Waals surface area contributed by atoms with Crippen molar-refractivity contribution in [1.82, 2.24) is 4.98 Å². The van der Waals surface area contributed by atoms with Gasteiger partial charge in [0, 0.05) is 29.4 Å². The third-order valence-corrected chi connectivity index (χ3v) is 5.03. The number of carbonyl (C=O) groups is 1. The van der Waals surface area contributed by atoms with Crippen LogP contribution in [0.3, 0.4) is 0 Å². The minimum absolute atomic E-state index is 0.188. The number of nitrogens with zero attached hydrogens (tertiary/aromatic N) is 2. The molecule has 1 unspecified atom stereocenters. The molecule has 2 aromatic rings. The Labute approximate surface area is 151 Å². The zero-order valence-corrected chi connectivity index (χ0v) is 15.6. The van der Waals surface area contributed by atoms with Gasteiger partial charge in [-0.3, -0.25) is 9.78 Å².